The summed E-state index contributed by atoms with van der Waals surface area (Å²) in [6, 6.07) is 4.99. The van der Waals surface area contributed by atoms with Gasteiger partial charge in [-0.3, -0.25) is 9.48 Å². The van der Waals surface area contributed by atoms with Gasteiger partial charge in [-0.05, 0) is 25.1 Å². The van der Waals surface area contributed by atoms with Crippen LogP contribution in [0.1, 0.15) is 16.2 Å². The van der Waals surface area contributed by atoms with E-state index >= 15 is 0 Å². The fraction of sp³-hybridized carbons (Fsp3) is 0.182. The number of amides is 1. The van der Waals surface area contributed by atoms with Crippen LogP contribution in [0.4, 0.5) is 5.69 Å². The minimum Gasteiger partial charge on any atom is -0.319 e. The molecule has 5 nitrogen and oxygen atoms in total. The molecule has 0 saturated heterocycles. The van der Waals surface area contributed by atoms with E-state index in [1.165, 1.54) is 0 Å². The summed E-state index contributed by atoms with van der Waals surface area (Å²) in [4.78, 5) is 15.9. The van der Waals surface area contributed by atoms with E-state index in [9.17, 15) is 4.79 Å². The van der Waals surface area contributed by atoms with E-state index in [0.717, 1.165) is 0 Å². The second kappa shape index (κ2) is 4.55. The van der Waals surface area contributed by atoms with Crippen molar-refractivity contribution in [2.24, 2.45) is 7.05 Å². The van der Waals surface area contributed by atoms with Gasteiger partial charge in [-0.2, -0.15) is 5.10 Å². The van der Waals surface area contributed by atoms with Crippen LogP contribution < -0.4 is 5.32 Å². The van der Waals surface area contributed by atoms with Gasteiger partial charge >= 0.3 is 0 Å². The number of aromatic nitrogens is 3. The molecule has 2 heterocycles. The first kappa shape index (κ1) is 11.6. The van der Waals surface area contributed by atoms with Crippen LogP contribution >= 0.6 is 11.6 Å². The number of hydrogen-bond donors (Lipinski definition) is 1. The maximum absolute atomic E-state index is 11.8. The van der Waals surface area contributed by atoms with Crippen LogP contribution in [-0.4, -0.2) is 20.7 Å². The summed E-state index contributed by atoms with van der Waals surface area (Å²) >= 11 is 5.73. The average molecular weight is 251 g/mol. The Bertz CT molecular complexity index is 564. The number of hydrogen-bond acceptors (Lipinski definition) is 3. The Morgan fingerprint density at radius 1 is 1.41 bits per heavy atom. The van der Waals surface area contributed by atoms with Crippen LogP contribution in [0.25, 0.3) is 0 Å². The van der Waals surface area contributed by atoms with Crippen molar-refractivity contribution in [3.05, 3.63) is 40.9 Å². The molecule has 0 aliphatic heterocycles. The molecule has 0 radical (unpaired) electrons. The van der Waals surface area contributed by atoms with E-state index in [-0.39, 0.29) is 5.91 Å². The maximum Gasteiger partial charge on any atom is 0.276 e. The van der Waals surface area contributed by atoms with E-state index in [2.05, 4.69) is 15.4 Å². The second-order valence-corrected chi connectivity index (χ2v) is 3.98. The Kier molecular flexibility index (Phi) is 3.10. The van der Waals surface area contributed by atoms with Gasteiger partial charge in [-0.25, -0.2) is 4.98 Å². The van der Waals surface area contributed by atoms with Crippen LogP contribution in [0.2, 0.25) is 5.15 Å². The third-order valence-corrected chi connectivity index (χ3v) is 2.46. The predicted molar refractivity (Wildman–Crippen MR) is 65.1 cm³/mol. The lowest BCUT2D eigenvalue weighted by Gasteiger charge is -2.06. The summed E-state index contributed by atoms with van der Waals surface area (Å²) in [6.45, 7) is 1.78. The fourth-order valence-corrected chi connectivity index (χ4v) is 1.57. The highest BCUT2D eigenvalue weighted by atomic mass is 35.5. The van der Waals surface area contributed by atoms with Crippen LogP contribution in [0, 0.1) is 6.92 Å². The summed E-state index contributed by atoms with van der Waals surface area (Å²) in [5, 5.41) is 7.14. The minimum atomic E-state index is -0.266. The maximum atomic E-state index is 11.8. The fourth-order valence-electron chi connectivity index (χ4n) is 1.39. The molecule has 0 bridgehead atoms. The second-order valence-electron chi connectivity index (χ2n) is 3.60. The van der Waals surface area contributed by atoms with Crippen LogP contribution in [-0.2, 0) is 7.05 Å². The lowest BCUT2D eigenvalue weighted by molar-refractivity contribution is 0.102. The highest BCUT2D eigenvalue weighted by molar-refractivity contribution is 6.29. The molecule has 1 amide bonds. The van der Waals surface area contributed by atoms with E-state index in [4.69, 9.17) is 11.6 Å². The third kappa shape index (κ3) is 2.62. The predicted octanol–water partition coefficient (Wildman–Crippen LogP) is 2.03. The monoisotopic (exact) mass is 250 g/mol. The van der Waals surface area contributed by atoms with Gasteiger partial charge in [0.05, 0.1) is 11.4 Å². The molecule has 17 heavy (non-hydrogen) atoms. The number of carbonyl (C=O) groups excluding carboxylic acids is 1. The van der Waals surface area contributed by atoms with Gasteiger partial charge in [0.15, 0.2) is 5.69 Å². The molecule has 0 aliphatic carbocycles. The molecular formula is C11H11ClN4O. The largest absolute Gasteiger partial charge is 0.319 e. The van der Waals surface area contributed by atoms with Crippen LogP contribution in [0.3, 0.4) is 0 Å². The molecule has 0 spiro atoms. The first-order valence-corrected chi connectivity index (χ1v) is 5.38. The minimum absolute atomic E-state index is 0.266. The molecule has 2 rings (SSSR count). The van der Waals surface area contributed by atoms with Gasteiger partial charge in [0.25, 0.3) is 5.91 Å². The molecule has 0 fully saturated rings. The highest BCUT2D eigenvalue weighted by Gasteiger charge is 2.10. The molecule has 2 aromatic heterocycles. The Morgan fingerprint density at radius 2 is 2.18 bits per heavy atom. The van der Waals surface area contributed by atoms with Crippen molar-refractivity contribution in [2.45, 2.75) is 6.92 Å². The number of rotatable bonds is 2. The van der Waals surface area contributed by atoms with E-state index in [1.807, 2.05) is 0 Å². The van der Waals surface area contributed by atoms with Gasteiger partial charge in [0.2, 0.25) is 0 Å². The number of anilines is 1. The van der Waals surface area contributed by atoms with Crippen molar-refractivity contribution in [1.82, 2.24) is 14.8 Å². The number of aryl methyl sites for hydroxylation is 2. The average Bonchev–Trinajstić information content (AvgIpc) is 2.69. The van der Waals surface area contributed by atoms with E-state index < -0.39 is 0 Å². The van der Waals surface area contributed by atoms with Crippen molar-refractivity contribution in [3.8, 4) is 0 Å². The Hall–Kier alpha value is -1.88. The van der Waals surface area contributed by atoms with E-state index in [0.29, 0.717) is 22.2 Å². The van der Waals surface area contributed by atoms with Gasteiger partial charge in [0.1, 0.15) is 5.15 Å². The molecule has 0 saturated carbocycles. The first-order valence-electron chi connectivity index (χ1n) is 5.00. The van der Waals surface area contributed by atoms with Crippen molar-refractivity contribution in [1.29, 1.82) is 0 Å². The lowest BCUT2D eigenvalue weighted by Crippen LogP contribution is -2.14. The van der Waals surface area contributed by atoms with Crippen LogP contribution in [0.5, 0.6) is 0 Å². The topological polar surface area (TPSA) is 59.8 Å². The van der Waals surface area contributed by atoms with Crippen molar-refractivity contribution >= 4 is 23.2 Å². The van der Waals surface area contributed by atoms with Gasteiger partial charge in [-0.15, -0.1) is 0 Å². The summed E-state index contributed by atoms with van der Waals surface area (Å²) in [5.74, 6) is -0.266. The summed E-state index contributed by atoms with van der Waals surface area (Å²) in [5.41, 5.74) is 1.66. The number of nitrogens with one attached hydrogen (secondary N) is 1. The normalized spacial score (nSPS) is 10.3. The molecule has 0 atom stereocenters. The smallest absolute Gasteiger partial charge is 0.276 e. The number of pyridine rings is 1. The molecule has 6 heteroatoms. The molecule has 2 aromatic rings. The van der Waals surface area contributed by atoms with Gasteiger partial charge in [0, 0.05) is 13.2 Å². The van der Waals surface area contributed by atoms with Crippen molar-refractivity contribution < 1.29 is 4.79 Å². The standard InChI is InChI=1S/C11H11ClN4O/c1-7-8(3-4-10(12)13-7)14-11(17)9-5-6-16(2)15-9/h3-6H,1-2H3,(H,14,17). The van der Waals surface area contributed by atoms with Crippen molar-refractivity contribution in [2.75, 3.05) is 5.32 Å². The summed E-state index contributed by atoms with van der Waals surface area (Å²) < 4.78 is 1.57. The number of nitrogens with zero attached hydrogens (tertiary/aromatic N) is 3. The first-order chi connectivity index (χ1) is 8.06. The number of halogens is 1. The third-order valence-electron chi connectivity index (χ3n) is 2.25. The highest BCUT2D eigenvalue weighted by Crippen LogP contribution is 2.16. The zero-order valence-corrected chi connectivity index (χ0v) is 10.2. The van der Waals surface area contributed by atoms with Gasteiger partial charge < -0.3 is 5.32 Å². The van der Waals surface area contributed by atoms with Crippen LogP contribution in [0.15, 0.2) is 24.4 Å². The summed E-state index contributed by atoms with van der Waals surface area (Å²) in [7, 11) is 1.76. The molecule has 0 aliphatic rings. The SMILES string of the molecule is Cc1nc(Cl)ccc1NC(=O)c1ccn(C)n1. The Morgan fingerprint density at radius 3 is 2.76 bits per heavy atom. The summed E-state index contributed by atoms with van der Waals surface area (Å²) in [6.07, 6.45) is 1.71. The Balaban J connectivity index is 2.18. The quantitative estimate of drug-likeness (QED) is 0.830. The Labute approximate surface area is 103 Å². The van der Waals surface area contributed by atoms with E-state index in [1.54, 1.807) is 43.0 Å². The molecule has 1 N–H and O–H groups in total. The lowest BCUT2D eigenvalue weighted by atomic mass is 10.3. The zero-order valence-electron chi connectivity index (χ0n) is 9.44. The number of carbonyl (C=O) groups is 1. The molecule has 0 unspecified atom stereocenters. The zero-order chi connectivity index (χ0) is 12.4. The molecule has 0 aromatic carbocycles. The van der Waals surface area contributed by atoms with Crippen molar-refractivity contribution in [3.63, 3.8) is 0 Å². The molecular weight excluding hydrogens is 240 g/mol. The molecule has 88 valence electrons. The van der Waals surface area contributed by atoms with Gasteiger partial charge in [-0.1, -0.05) is 11.6 Å².